The van der Waals surface area contributed by atoms with Crippen LogP contribution in [0.5, 0.6) is 11.5 Å². The van der Waals surface area contributed by atoms with Gasteiger partial charge in [0.25, 0.3) is 0 Å². The minimum atomic E-state index is -0.114. The Balaban J connectivity index is 1.56. The highest BCUT2D eigenvalue weighted by atomic mass is 35.5. The van der Waals surface area contributed by atoms with E-state index in [9.17, 15) is 4.79 Å². The van der Waals surface area contributed by atoms with Crippen molar-refractivity contribution in [3.05, 3.63) is 57.6 Å². The number of carbonyl (C=O) groups excluding carboxylic acids is 1. The summed E-state index contributed by atoms with van der Waals surface area (Å²) in [5.41, 5.74) is 1.85. The number of ether oxygens (including phenoxy) is 2. The Kier molecular flexibility index (Phi) is 15.3. The van der Waals surface area contributed by atoms with Gasteiger partial charge in [-0.2, -0.15) is 0 Å². The van der Waals surface area contributed by atoms with Crippen LogP contribution in [0.4, 0.5) is 0 Å². The van der Waals surface area contributed by atoms with E-state index < -0.39 is 0 Å². The Morgan fingerprint density at radius 1 is 0.850 bits per heavy atom. The van der Waals surface area contributed by atoms with E-state index in [1.807, 2.05) is 36.4 Å². The van der Waals surface area contributed by atoms with Crippen molar-refractivity contribution in [2.45, 2.75) is 129 Å². The minimum Gasteiger partial charge on any atom is -0.493 e. The maximum Gasteiger partial charge on any atom is 0.161 e. The monoisotopic (exact) mass is 588 g/mol. The van der Waals surface area contributed by atoms with E-state index in [0.717, 1.165) is 54.7 Å². The smallest absolute Gasteiger partial charge is 0.161 e. The van der Waals surface area contributed by atoms with E-state index in [0.29, 0.717) is 22.9 Å². The lowest BCUT2D eigenvalue weighted by molar-refractivity contribution is -0.122. The van der Waals surface area contributed by atoms with E-state index in [2.05, 4.69) is 6.92 Å². The zero-order chi connectivity index (χ0) is 28.6. The average molecular weight is 590 g/mol. The van der Waals surface area contributed by atoms with Crippen molar-refractivity contribution in [1.82, 2.24) is 0 Å². The third-order valence-electron chi connectivity index (χ3n) is 8.33. The number of carbonyl (C=O) groups is 1. The lowest BCUT2D eigenvalue weighted by atomic mass is 9.87. The zero-order valence-electron chi connectivity index (χ0n) is 24.8. The first-order chi connectivity index (χ1) is 19.5. The second kappa shape index (κ2) is 18.7. The Bertz CT molecular complexity index is 995. The summed E-state index contributed by atoms with van der Waals surface area (Å²) >= 11 is 13.0. The molecule has 2 aromatic carbocycles. The van der Waals surface area contributed by atoms with Crippen LogP contribution in [0.25, 0.3) is 0 Å². The molecule has 0 radical (unpaired) electrons. The first-order valence-corrected chi connectivity index (χ1v) is 16.6. The first kappa shape index (κ1) is 32.8. The van der Waals surface area contributed by atoms with E-state index in [1.54, 1.807) is 7.11 Å². The van der Waals surface area contributed by atoms with Crippen LogP contribution >= 0.6 is 23.2 Å². The van der Waals surface area contributed by atoms with E-state index in [4.69, 9.17) is 32.7 Å². The number of benzene rings is 2. The van der Waals surface area contributed by atoms with E-state index in [1.165, 1.54) is 70.6 Å². The van der Waals surface area contributed by atoms with Gasteiger partial charge in [0.05, 0.1) is 13.2 Å². The molecule has 3 rings (SSSR count). The molecule has 0 saturated heterocycles. The average Bonchev–Trinajstić information content (AvgIpc) is 3.46. The number of unbranched alkanes of at least 4 members (excludes halogenated alkanes) is 10. The summed E-state index contributed by atoms with van der Waals surface area (Å²) in [5.74, 6) is 1.59. The topological polar surface area (TPSA) is 35.5 Å². The number of ketones is 1. The van der Waals surface area contributed by atoms with Crippen molar-refractivity contribution < 1.29 is 14.3 Å². The van der Waals surface area contributed by atoms with Crippen LogP contribution in [0.15, 0.2) is 36.4 Å². The summed E-state index contributed by atoms with van der Waals surface area (Å²) in [4.78, 5) is 13.7. The van der Waals surface area contributed by atoms with Gasteiger partial charge in [-0.3, -0.25) is 4.79 Å². The van der Waals surface area contributed by atoms with Crippen LogP contribution < -0.4 is 9.47 Å². The molecule has 3 nitrogen and oxygen atoms in total. The summed E-state index contributed by atoms with van der Waals surface area (Å²) < 4.78 is 11.8. The first-order valence-electron chi connectivity index (χ1n) is 15.8. The number of methoxy groups -OCH3 is 1. The van der Waals surface area contributed by atoms with Crippen molar-refractivity contribution >= 4 is 29.0 Å². The molecule has 0 heterocycles. The zero-order valence-corrected chi connectivity index (χ0v) is 26.3. The van der Waals surface area contributed by atoms with Crippen LogP contribution in [0.3, 0.4) is 0 Å². The Morgan fingerprint density at radius 3 is 2.05 bits per heavy atom. The van der Waals surface area contributed by atoms with Gasteiger partial charge in [0.2, 0.25) is 0 Å². The van der Waals surface area contributed by atoms with Crippen molar-refractivity contribution in [1.29, 1.82) is 0 Å². The maximum atomic E-state index is 13.7. The van der Waals surface area contributed by atoms with E-state index in [-0.39, 0.29) is 17.8 Å². The summed E-state index contributed by atoms with van der Waals surface area (Å²) in [6.45, 7) is 2.27. The lowest BCUT2D eigenvalue weighted by Gasteiger charge is -2.19. The minimum absolute atomic E-state index is 0.114. The third-order valence-corrected chi connectivity index (χ3v) is 9.03. The molecule has 0 N–H and O–H groups in total. The number of halogens is 2. The molecular weight excluding hydrogens is 539 g/mol. The molecule has 40 heavy (non-hydrogen) atoms. The molecule has 2 aromatic rings. The largest absolute Gasteiger partial charge is 0.493 e. The number of rotatable bonds is 20. The SMILES string of the molecule is CCCCCCCCCCCCCC(Cc1c(Cl)cccc1Cl)C(=O)Cc1ccc(OC)c(OC2CCCC2)c1. The number of hydrogen-bond acceptors (Lipinski definition) is 3. The van der Waals surface area contributed by atoms with Gasteiger partial charge >= 0.3 is 0 Å². The highest BCUT2D eigenvalue weighted by molar-refractivity contribution is 6.36. The molecule has 1 saturated carbocycles. The van der Waals surface area contributed by atoms with Gasteiger partial charge in [0.1, 0.15) is 5.78 Å². The van der Waals surface area contributed by atoms with Crippen LogP contribution in [-0.4, -0.2) is 19.0 Å². The molecule has 1 aliphatic carbocycles. The van der Waals surface area contributed by atoms with Gasteiger partial charge in [-0.15, -0.1) is 0 Å². The highest BCUT2D eigenvalue weighted by Crippen LogP contribution is 2.34. The second-order valence-electron chi connectivity index (χ2n) is 11.6. The molecule has 1 atom stereocenters. The fourth-order valence-corrected chi connectivity index (χ4v) is 6.41. The van der Waals surface area contributed by atoms with Crippen LogP contribution in [-0.2, 0) is 17.6 Å². The Labute approximate surface area is 253 Å². The van der Waals surface area contributed by atoms with Crippen molar-refractivity contribution in [3.8, 4) is 11.5 Å². The highest BCUT2D eigenvalue weighted by Gasteiger charge is 2.23. The van der Waals surface area contributed by atoms with Gasteiger partial charge in [0.15, 0.2) is 11.5 Å². The summed E-state index contributed by atoms with van der Waals surface area (Å²) in [5, 5.41) is 1.28. The van der Waals surface area contributed by atoms with Gasteiger partial charge in [-0.05, 0) is 73.9 Å². The van der Waals surface area contributed by atoms with Crippen LogP contribution in [0.1, 0.15) is 121 Å². The normalized spacial score (nSPS) is 14.4. The molecule has 0 bridgehead atoms. The Morgan fingerprint density at radius 2 is 1.45 bits per heavy atom. The number of hydrogen-bond donors (Lipinski definition) is 0. The maximum absolute atomic E-state index is 13.7. The molecule has 0 amide bonds. The predicted molar refractivity (Wildman–Crippen MR) is 169 cm³/mol. The van der Waals surface area contributed by atoms with E-state index >= 15 is 0 Å². The number of Topliss-reactive ketones (excluding diaryl/α,β-unsaturated/α-hetero) is 1. The van der Waals surface area contributed by atoms with Gasteiger partial charge in [-0.25, -0.2) is 0 Å². The summed E-state index contributed by atoms with van der Waals surface area (Å²) in [6.07, 6.45) is 20.8. The quantitative estimate of drug-likeness (QED) is 0.144. The van der Waals surface area contributed by atoms with Crippen molar-refractivity contribution in [2.75, 3.05) is 7.11 Å². The van der Waals surface area contributed by atoms with Gasteiger partial charge in [-0.1, -0.05) is 113 Å². The fraction of sp³-hybridized carbons (Fsp3) is 0.629. The molecule has 1 fully saturated rings. The lowest BCUT2D eigenvalue weighted by Crippen LogP contribution is -2.20. The van der Waals surface area contributed by atoms with Crippen LogP contribution in [0, 0.1) is 5.92 Å². The Hall–Kier alpha value is -1.71. The molecule has 5 heteroatoms. The third kappa shape index (κ3) is 11.3. The second-order valence-corrected chi connectivity index (χ2v) is 12.4. The van der Waals surface area contributed by atoms with Gasteiger partial charge in [0, 0.05) is 22.4 Å². The van der Waals surface area contributed by atoms with Crippen LogP contribution in [0.2, 0.25) is 10.0 Å². The summed E-state index contributed by atoms with van der Waals surface area (Å²) in [7, 11) is 1.67. The predicted octanol–water partition coefficient (Wildman–Crippen LogP) is 11.0. The van der Waals surface area contributed by atoms with Crippen molar-refractivity contribution in [3.63, 3.8) is 0 Å². The summed E-state index contributed by atoms with van der Waals surface area (Å²) in [6, 6.07) is 11.5. The molecule has 1 unspecified atom stereocenters. The van der Waals surface area contributed by atoms with Gasteiger partial charge < -0.3 is 9.47 Å². The molecule has 0 aliphatic heterocycles. The van der Waals surface area contributed by atoms with Crippen molar-refractivity contribution in [2.24, 2.45) is 5.92 Å². The standard InChI is InChI=1S/C35H50Cl2O3/c1-3-4-5-6-7-8-9-10-11-12-13-17-28(26-30-31(36)20-16-21-32(30)37)33(38)24-27-22-23-34(39-2)35(25-27)40-29-18-14-15-19-29/h16,20-23,25,28-29H,3-15,17-19,24,26H2,1-2H3. The fourth-order valence-electron chi connectivity index (χ4n) is 5.86. The molecular formula is C35H50Cl2O3. The molecule has 0 aromatic heterocycles. The molecule has 222 valence electrons. The molecule has 0 spiro atoms. The molecule has 1 aliphatic rings.